The van der Waals surface area contributed by atoms with E-state index in [0.29, 0.717) is 11.4 Å². The maximum atomic E-state index is 4.61. The molecule has 78 valence electrons. The van der Waals surface area contributed by atoms with E-state index in [0.717, 1.165) is 11.3 Å². The molecule has 4 heteroatoms. The van der Waals surface area contributed by atoms with Crippen molar-refractivity contribution in [3.05, 3.63) is 36.3 Å². The van der Waals surface area contributed by atoms with Crippen LogP contribution in [0.15, 0.2) is 30.6 Å². The Hall–Kier alpha value is -1.00. The number of imidazole rings is 1. The molecular formula is C11H13N3S. The van der Waals surface area contributed by atoms with Crippen molar-refractivity contribution in [2.75, 3.05) is 5.75 Å². The third kappa shape index (κ3) is 1.64. The Kier molecular flexibility index (Phi) is 2.18. The van der Waals surface area contributed by atoms with Gasteiger partial charge in [-0.3, -0.25) is 5.32 Å². The molecule has 2 atom stereocenters. The molecule has 0 radical (unpaired) electrons. The van der Waals surface area contributed by atoms with Crippen LogP contribution in [0.25, 0.3) is 5.65 Å². The van der Waals surface area contributed by atoms with Crippen LogP contribution in [0.3, 0.4) is 0 Å². The molecule has 3 heterocycles. The van der Waals surface area contributed by atoms with Crippen LogP contribution >= 0.6 is 11.8 Å². The van der Waals surface area contributed by atoms with Gasteiger partial charge in [0.1, 0.15) is 5.65 Å². The van der Waals surface area contributed by atoms with E-state index < -0.39 is 0 Å². The molecule has 3 rings (SSSR count). The maximum Gasteiger partial charge on any atom is 0.137 e. The molecular weight excluding hydrogens is 206 g/mol. The van der Waals surface area contributed by atoms with Gasteiger partial charge in [-0.05, 0) is 19.1 Å². The lowest BCUT2D eigenvalue weighted by Crippen LogP contribution is -2.22. The normalized spacial score (nSPS) is 26.2. The summed E-state index contributed by atoms with van der Waals surface area (Å²) in [6, 6.07) is 6.66. The predicted molar refractivity (Wildman–Crippen MR) is 63.0 cm³/mol. The molecule has 15 heavy (non-hydrogen) atoms. The van der Waals surface area contributed by atoms with Gasteiger partial charge >= 0.3 is 0 Å². The lowest BCUT2D eigenvalue weighted by atomic mass is 10.3. The van der Waals surface area contributed by atoms with Crippen molar-refractivity contribution in [1.82, 2.24) is 14.7 Å². The summed E-state index contributed by atoms with van der Waals surface area (Å²) in [5.41, 5.74) is 2.16. The van der Waals surface area contributed by atoms with Crippen molar-refractivity contribution in [3.8, 4) is 0 Å². The first-order valence-electron chi connectivity index (χ1n) is 5.14. The van der Waals surface area contributed by atoms with E-state index in [1.165, 1.54) is 5.75 Å². The van der Waals surface area contributed by atoms with Crippen LogP contribution < -0.4 is 5.32 Å². The number of thioether (sulfide) groups is 1. The van der Waals surface area contributed by atoms with Crippen LogP contribution in [0.4, 0.5) is 0 Å². The van der Waals surface area contributed by atoms with E-state index in [-0.39, 0.29) is 0 Å². The van der Waals surface area contributed by atoms with Gasteiger partial charge in [-0.15, -0.1) is 11.8 Å². The van der Waals surface area contributed by atoms with Crippen molar-refractivity contribution in [2.24, 2.45) is 0 Å². The van der Waals surface area contributed by atoms with Gasteiger partial charge in [-0.2, -0.15) is 0 Å². The van der Waals surface area contributed by atoms with Crippen molar-refractivity contribution in [3.63, 3.8) is 0 Å². The van der Waals surface area contributed by atoms with Gasteiger partial charge in [0.15, 0.2) is 0 Å². The standard InChI is InChI=1S/C11H13N3S/c1-8-7-15-11(12-8)9-6-14-5-3-2-4-10(14)13-9/h2-6,8,11-12H,7H2,1H3. The second kappa shape index (κ2) is 3.54. The Bertz CT molecular complexity index is 446. The number of pyridine rings is 1. The summed E-state index contributed by atoms with van der Waals surface area (Å²) >= 11 is 1.93. The Balaban J connectivity index is 1.98. The molecule has 1 fully saturated rings. The van der Waals surface area contributed by atoms with Gasteiger partial charge in [0.2, 0.25) is 0 Å². The van der Waals surface area contributed by atoms with E-state index in [2.05, 4.69) is 27.8 Å². The van der Waals surface area contributed by atoms with Gasteiger partial charge in [-0.25, -0.2) is 4.98 Å². The zero-order chi connectivity index (χ0) is 10.3. The van der Waals surface area contributed by atoms with Crippen LogP contribution in [-0.4, -0.2) is 21.2 Å². The van der Waals surface area contributed by atoms with Gasteiger partial charge in [0.25, 0.3) is 0 Å². The van der Waals surface area contributed by atoms with Crippen LogP contribution in [0, 0.1) is 0 Å². The van der Waals surface area contributed by atoms with Gasteiger partial charge in [-0.1, -0.05) is 6.07 Å². The van der Waals surface area contributed by atoms with E-state index in [1.54, 1.807) is 0 Å². The Labute approximate surface area is 92.9 Å². The second-order valence-corrected chi connectivity index (χ2v) is 5.05. The van der Waals surface area contributed by atoms with E-state index in [4.69, 9.17) is 0 Å². The average molecular weight is 219 g/mol. The molecule has 2 aromatic heterocycles. The highest BCUT2D eigenvalue weighted by Crippen LogP contribution is 2.31. The number of rotatable bonds is 1. The van der Waals surface area contributed by atoms with Crippen molar-refractivity contribution in [2.45, 2.75) is 18.3 Å². The summed E-state index contributed by atoms with van der Waals surface area (Å²) in [6.45, 7) is 2.21. The molecule has 0 saturated carbocycles. The average Bonchev–Trinajstić information content (AvgIpc) is 2.82. The predicted octanol–water partition coefficient (Wildman–Crippen LogP) is 2.06. The monoisotopic (exact) mass is 219 g/mol. The molecule has 0 amide bonds. The Morgan fingerprint density at radius 3 is 3.20 bits per heavy atom. The first kappa shape index (κ1) is 9.24. The molecule has 1 N–H and O–H groups in total. The number of nitrogens with zero attached hydrogens (tertiary/aromatic N) is 2. The topological polar surface area (TPSA) is 29.3 Å². The number of hydrogen-bond donors (Lipinski definition) is 1. The first-order valence-corrected chi connectivity index (χ1v) is 6.19. The maximum absolute atomic E-state index is 4.61. The van der Waals surface area contributed by atoms with Gasteiger partial charge in [0, 0.05) is 24.2 Å². The Morgan fingerprint density at radius 1 is 1.53 bits per heavy atom. The summed E-state index contributed by atoms with van der Waals surface area (Å²) in [7, 11) is 0. The number of hydrogen-bond acceptors (Lipinski definition) is 3. The molecule has 1 saturated heterocycles. The minimum Gasteiger partial charge on any atom is -0.307 e. The molecule has 0 aliphatic carbocycles. The van der Waals surface area contributed by atoms with E-state index in [1.807, 2.05) is 36.2 Å². The van der Waals surface area contributed by atoms with E-state index in [9.17, 15) is 0 Å². The fourth-order valence-electron chi connectivity index (χ4n) is 1.85. The van der Waals surface area contributed by atoms with Gasteiger partial charge in [0.05, 0.1) is 11.1 Å². The third-order valence-electron chi connectivity index (χ3n) is 2.60. The summed E-state index contributed by atoms with van der Waals surface area (Å²) in [4.78, 5) is 4.61. The zero-order valence-electron chi connectivity index (χ0n) is 8.55. The van der Waals surface area contributed by atoms with Gasteiger partial charge < -0.3 is 4.40 Å². The summed E-state index contributed by atoms with van der Waals surface area (Å²) in [5.74, 6) is 1.17. The van der Waals surface area contributed by atoms with Crippen molar-refractivity contribution >= 4 is 17.4 Å². The van der Waals surface area contributed by atoms with Crippen LogP contribution in [-0.2, 0) is 0 Å². The molecule has 2 aromatic rings. The highest BCUT2D eigenvalue weighted by Gasteiger charge is 2.24. The quantitative estimate of drug-likeness (QED) is 0.796. The fraction of sp³-hybridized carbons (Fsp3) is 0.364. The highest BCUT2D eigenvalue weighted by atomic mass is 32.2. The number of fused-ring (bicyclic) bond motifs is 1. The van der Waals surface area contributed by atoms with Crippen LogP contribution in [0.5, 0.6) is 0 Å². The molecule has 0 bridgehead atoms. The summed E-state index contributed by atoms with van der Waals surface area (Å²) < 4.78 is 2.07. The van der Waals surface area contributed by atoms with Crippen molar-refractivity contribution < 1.29 is 0 Å². The molecule has 0 spiro atoms. The molecule has 2 unspecified atom stereocenters. The lowest BCUT2D eigenvalue weighted by Gasteiger charge is -2.06. The zero-order valence-corrected chi connectivity index (χ0v) is 9.37. The van der Waals surface area contributed by atoms with Crippen molar-refractivity contribution in [1.29, 1.82) is 0 Å². The second-order valence-electron chi connectivity index (χ2n) is 3.91. The SMILES string of the molecule is CC1CSC(c2cn3ccccc3n2)N1. The van der Waals surface area contributed by atoms with Crippen LogP contribution in [0.2, 0.25) is 0 Å². The van der Waals surface area contributed by atoms with Crippen LogP contribution in [0.1, 0.15) is 18.0 Å². The minimum atomic E-state index is 0.361. The molecule has 0 aromatic carbocycles. The minimum absolute atomic E-state index is 0.361. The number of nitrogens with one attached hydrogen (secondary N) is 1. The third-order valence-corrected chi connectivity index (χ3v) is 4.00. The smallest absolute Gasteiger partial charge is 0.137 e. The summed E-state index contributed by atoms with van der Waals surface area (Å²) in [5, 5.41) is 3.88. The first-order chi connectivity index (χ1) is 7.33. The lowest BCUT2D eigenvalue weighted by molar-refractivity contribution is 0.611. The van der Waals surface area contributed by atoms with E-state index >= 15 is 0 Å². The number of aromatic nitrogens is 2. The highest BCUT2D eigenvalue weighted by molar-refractivity contribution is 7.99. The molecule has 1 aliphatic heterocycles. The molecule has 3 nitrogen and oxygen atoms in total. The molecule has 1 aliphatic rings. The Morgan fingerprint density at radius 2 is 2.47 bits per heavy atom. The summed E-state index contributed by atoms with van der Waals surface area (Å²) in [6.07, 6.45) is 4.15. The largest absolute Gasteiger partial charge is 0.307 e. The fourth-order valence-corrected chi connectivity index (χ4v) is 3.04.